The van der Waals surface area contributed by atoms with Gasteiger partial charge in [-0.25, -0.2) is 4.79 Å². The third-order valence-electron chi connectivity index (χ3n) is 3.86. The predicted molar refractivity (Wildman–Crippen MR) is 77.8 cm³/mol. The molecular weight excluding hydrogens is 284 g/mol. The van der Waals surface area contributed by atoms with Crippen LogP contribution < -0.4 is 10.4 Å². The highest BCUT2D eigenvalue weighted by atomic mass is 16.5. The lowest BCUT2D eigenvalue weighted by molar-refractivity contribution is -0.135. The second-order valence-electron chi connectivity index (χ2n) is 5.31. The van der Waals surface area contributed by atoms with Gasteiger partial charge in [0.25, 0.3) is 0 Å². The van der Waals surface area contributed by atoms with Crippen molar-refractivity contribution in [3.05, 3.63) is 58.2 Å². The van der Waals surface area contributed by atoms with Crippen LogP contribution in [0.1, 0.15) is 23.5 Å². The van der Waals surface area contributed by atoms with Gasteiger partial charge in [-0.3, -0.25) is 9.48 Å². The van der Waals surface area contributed by atoms with Gasteiger partial charge in [0.1, 0.15) is 5.58 Å². The Kier molecular flexibility index (Phi) is 2.66. The first-order valence-corrected chi connectivity index (χ1v) is 6.88. The number of nitrogens with zero attached hydrogens (tertiary/aromatic N) is 2. The number of para-hydroxylation sites is 1. The molecule has 6 nitrogen and oxygen atoms in total. The lowest BCUT2D eigenvalue weighted by Crippen LogP contribution is -2.26. The van der Waals surface area contributed by atoms with Gasteiger partial charge in [0.05, 0.1) is 23.6 Å². The van der Waals surface area contributed by atoms with Crippen LogP contribution in [0.15, 0.2) is 45.9 Å². The smallest absolute Gasteiger partial charge is 0.343 e. The van der Waals surface area contributed by atoms with E-state index >= 15 is 0 Å². The average Bonchev–Trinajstić information content (AvgIpc) is 2.93. The summed E-state index contributed by atoms with van der Waals surface area (Å²) >= 11 is 0. The van der Waals surface area contributed by atoms with Crippen molar-refractivity contribution in [3.63, 3.8) is 0 Å². The monoisotopic (exact) mass is 296 g/mol. The number of aryl methyl sites for hydroxylation is 1. The number of esters is 1. The molecule has 0 bridgehead atoms. The minimum atomic E-state index is -0.477. The van der Waals surface area contributed by atoms with Gasteiger partial charge in [-0.1, -0.05) is 12.1 Å². The molecule has 110 valence electrons. The summed E-state index contributed by atoms with van der Waals surface area (Å²) in [4.78, 5) is 24.4. The summed E-state index contributed by atoms with van der Waals surface area (Å²) in [6.07, 6.45) is 3.55. The molecule has 3 heterocycles. The van der Waals surface area contributed by atoms with Gasteiger partial charge in [0.2, 0.25) is 0 Å². The summed E-state index contributed by atoms with van der Waals surface area (Å²) in [7, 11) is 1.79. The molecule has 1 aliphatic rings. The van der Waals surface area contributed by atoms with Crippen LogP contribution in [0.4, 0.5) is 0 Å². The van der Waals surface area contributed by atoms with E-state index in [0.717, 1.165) is 5.56 Å². The summed E-state index contributed by atoms with van der Waals surface area (Å²) in [6.45, 7) is 0. The molecule has 0 aliphatic carbocycles. The Labute approximate surface area is 124 Å². The highest BCUT2D eigenvalue weighted by Gasteiger charge is 2.34. The number of benzene rings is 1. The number of aromatic nitrogens is 2. The van der Waals surface area contributed by atoms with E-state index in [-0.39, 0.29) is 12.4 Å². The number of rotatable bonds is 1. The molecule has 1 aromatic carbocycles. The van der Waals surface area contributed by atoms with Crippen LogP contribution in [0.5, 0.6) is 5.75 Å². The van der Waals surface area contributed by atoms with Crippen molar-refractivity contribution in [1.82, 2.24) is 9.78 Å². The Morgan fingerprint density at radius 1 is 1.27 bits per heavy atom. The number of carbonyl (C=O) groups is 1. The maximum Gasteiger partial charge on any atom is 0.343 e. The fourth-order valence-electron chi connectivity index (χ4n) is 2.88. The van der Waals surface area contributed by atoms with Crippen molar-refractivity contribution in [2.45, 2.75) is 12.3 Å². The third-order valence-corrected chi connectivity index (χ3v) is 3.86. The minimum Gasteiger partial charge on any atom is -0.425 e. The standard InChI is InChI=1S/C16H12N2O4/c1-18-8-9(7-17-18)11-6-13(19)22-15-10-4-2-3-5-12(10)21-16(20)14(11)15/h2-5,7-8,11H,6H2,1H3/t11-/m1/s1. The first kappa shape index (κ1) is 12.8. The Bertz CT molecular complexity index is 954. The molecule has 22 heavy (non-hydrogen) atoms. The van der Waals surface area contributed by atoms with E-state index in [9.17, 15) is 9.59 Å². The van der Waals surface area contributed by atoms with Crippen molar-refractivity contribution in [2.75, 3.05) is 0 Å². The molecule has 0 spiro atoms. The van der Waals surface area contributed by atoms with Gasteiger partial charge in [0.15, 0.2) is 5.75 Å². The number of hydrogen-bond donors (Lipinski definition) is 0. The second-order valence-corrected chi connectivity index (χ2v) is 5.31. The normalized spacial score (nSPS) is 17.3. The second kappa shape index (κ2) is 4.56. The molecule has 2 aromatic heterocycles. The van der Waals surface area contributed by atoms with E-state index in [4.69, 9.17) is 9.15 Å². The highest BCUT2D eigenvalue weighted by molar-refractivity contribution is 5.90. The molecule has 4 rings (SSSR count). The van der Waals surface area contributed by atoms with E-state index in [0.29, 0.717) is 22.3 Å². The molecule has 0 N–H and O–H groups in total. The van der Waals surface area contributed by atoms with Crippen LogP contribution in [-0.4, -0.2) is 15.7 Å². The highest BCUT2D eigenvalue weighted by Crippen LogP contribution is 2.40. The number of ether oxygens (including phenoxy) is 1. The molecule has 1 aliphatic heterocycles. The van der Waals surface area contributed by atoms with E-state index in [1.54, 1.807) is 42.3 Å². The quantitative estimate of drug-likeness (QED) is 0.507. The first-order chi connectivity index (χ1) is 10.6. The zero-order valence-corrected chi connectivity index (χ0v) is 11.8. The summed E-state index contributed by atoms with van der Waals surface area (Å²) < 4.78 is 12.4. The average molecular weight is 296 g/mol. The van der Waals surface area contributed by atoms with E-state index in [2.05, 4.69) is 5.10 Å². The summed E-state index contributed by atoms with van der Waals surface area (Å²) in [5.41, 5.74) is 1.11. The third kappa shape index (κ3) is 1.84. The van der Waals surface area contributed by atoms with E-state index < -0.39 is 11.5 Å². The fraction of sp³-hybridized carbons (Fsp3) is 0.188. The maximum atomic E-state index is 12.4. The number of carbonyl (C=O) groups excluding carboxylic acids is 1. The van der Waals surface area contributed by atoms with Gasteiger partial charge < -0.3 is 9.15 Å². The van der Waals surface area contributed by atoms with Gasteiger partial charge in [0, 0.05) is 19.2 Å². The molecule has 6 heteroatoms. The van der Waals surface area contributed by atoms with E-state index in [1.165, 1.54) is 0 Å². The van der Waals surface area contributed by atoms with Crippen molar-refractivity contribution in [2.24, 2.45) is 7.05 Å². The van der Waals surface area contributed by atoms with Gasteiger partial charge >= 0.3 is 11.6 Å². The van der Waals surface area contributed by atoms with Crippen LogP contribution >= 0.6 is 0 Å². The molecule has 0 saturated heterocycles. The molecule has 1 atom stereocenters. The number of hydrogen-bond acceptors (Lipinski definition) is 5. The zero-order chi connectivity index (χ0) is 15.3. The van der Waals surface area contributed by atoms with Crippen LogP contribution in [0.2, 0.25) is 0 Å². The molecule has 0 unspecified atom stereocenters. The zero-order valence-electron chi connectivity index (χ0n) is 11.8. The van der Waals surface area contributed by atoms with E-state index in [1.807, 2.05) is 6.07 Å². The summed E-state index contributed by atoms with van der Waals surface area (Å²) in [6, 6.07) is 7.03. The molecular formula is C16H12N2O4. The van der Waals surface area contributed by atoms with Gasteiger partial charge in [-0.2, -0.15) is 5.10 Å². The van der Waals surface area contributed by atoms with Gasteiger partial charge in [-0.15, -0.1) is 0 Å². The largest absolute Gasteiger partial charge is 0.425 e. The Hall–Kier alpha value is -2.89. The first-order valence-electron chi connectivity index (χ1n) is 6.88. The minimum absolute atomic E-state index is 0.0990. The van der Waals surface area contributed by atoms with Crippen molar-refractivity contribution in [3.8, 4) is 5.75 Å². The molecule has 0 saturated carbocycles. The topological polar surface area (TPSA) is 74.3 Å². The SMILES string of the molecule is Cn1cc([C@H]2CC(=O)Oc3c2c(=O)oc2ccccc32)cn1. The Balaban J connectivity index is 2.03. The van der Waals surface area contributed by atoms with Crippen LogP contribution in [0, 0.1) is 0 Å². The van der Waals surface area contributed by atoms with Crippen molar-refractivity contribution in [1.29, 1.82) is 0 Å². The molecule has 0 fully saturated rings. The van der Waals surface area contributed by atoms with Crippen molar-refractivity contribution >= 4 is 16.9 Å². The fourth-order valence-corrected chi connectivity index (χ4v) is 2.88. The molecule has 0 radical (unpaired) electrons. The lowest BCUT2D eigenvalue weighted by Gasteiger charge is -2.23. The molecule has 3 aromatic rings. The van der Waals surface area contributed by atoms with Crippen LogP contribution in [0.25, 0.3) is 11.0 Å². The lowest BCUT2D eigenvalue weighted by atomic mass is 9.88. The van der Waals surface area contributed by atoms with Crippen LogP contribution in [-0.2, 0) is 11.8 Å². The number of fused-ring (bicyclic) bond motifs is 3. The van der Waals surface area contributed by atoms with Gasteiger partial charge in [-0.05, 0) is 17.7 Å². The molecule has 0 amide bonds. The predicted octanol–water partition coefficient (Wildman–Crippen LogP) is 1.97. The van der Waals surface area contributed by atoms with Crippen LogP contribution in [0.3, 0.4) is 0 Å². The maximum absolute atomic E-state index is 12.4. The van der Waals surface area contributed by atoms with Crippen molar-refractivity contribution < 1.29 is 13.9 Å². The summed E-state index contributed by atoms with van der Waals surface area (Å²) in [5.74, 6) is -0.458. The summed E-state index contributed by atoms with van der Waals surface area (Å²) in [5, 5.41) is 4.74. The Morgan fingerprint density at radius 3 is 2.86 bits per heavy atom. The Morgan fingerprint density at radius 2 is 2.09 bits per heavy atom.